The van der Waals surface area contributed by atoms with Gasteiger partial charge < -0.3 is 15.1 Å². The van der Waals surface area contributed by atoms with Crippen molar-refractivity contribution in [3.05, 3.63) is 29.3 Å². The molecule has 1 aromatic rings. The van der Waals surface area contributed by atoms with Crippen molar-refractivity contribution in [3.63, 3.8) is 0 Å². The largest absolute Gasteiger partial charge is 0.393 e. The highest BCUT2D eigenvalue weighted by molar-refractivity contribution is 5.59. The number of nitrogens with zero attached hydrogens (tertiary/aromatic N) is 2. The number of anilines is 1. The Morgan fingerprint density at radius 2 is 2.11 bits per heavy atom. The second kappa shape index (κ2) is 5.60. The first-order chi connectivity index (χ1) is 9.02. The summed E-state index contributed by atoms with van der Waals surface area (Å²) in [7, 11) is 0. The van der Waals surface area contributed by atoms with Gasteiger partial charge in [0.2, 0.25) is 0 Å². The highest BCUT2D eigenvalue weighted by atomic mass is 16.3. The van der Waals surface area contributed by atoms with E-state index < -0.39 is 6.10 Å². The molecule has 1 aromatic carbocycles. The van der Waals surface area contributed by atoms with Gasteiger partial charge in [-0.1, -0.05) is 6.07 Å². The maximum Gasteiger partial charge on any atom is 0.0992 e. The minimum Gasteiger partial charge on any atom is -0.393 e. The van der Waals surface area contributed by atoms with E-state index in [2.05, 4.69) is 11.0 Å². The zero-order valence-electron chi connectivity index (χ0n) is 11.4. The van der Waals surface area contributed by atoms with Crippen molar-refractivity contribution in [1.82, 2.24) is 0 Å². The molecule has 0 aliphatic carbocycles. The Hall–Kier alpha value is -1.57. The fourth-order valence-electron chi connectivity index (χ4n) is 2.64. The van der Waals surface area contributed by atoms with Crippen molar-refractivity contribution in [2.75, 3.05) is 18.0 Å². The van der Waals surface area contributed by atoms with Crippen LogP contribution in [-0.2, 0) is 0 Å². The Kier molecular flexibility index (Phi) is 4.08. The minimum atomic E-state index is -0.562. The van der Waals surface area contributed by atoms with Crippen LogP contribution in [0.15, 0.2) is 18.2 Å². The molecule has 0 spiro atoms. The quantitative estimate of drug-likeness (QED) is 0.870. The molecule has 2 rings (SSSR count). The first-order valence-corrected chi connectivity index (χ1v) is 6.68. The summed E-state index contributed by atoms with van der Waals surface area (Å²) in [5.74, 6) is 0.257. The number of rotatable bonds is 3. The molecule has 0 aromatic heterocycles. The molecule has 1 heterocycles. The summed E-state index contributed by atoms with van der Waals surface area (Å²) in [6.07, 6.45) is 0.0562. The van der Waals surface area contributed by atoms with Crippen LogP contribution in [0.3, 0.4) is 0 Å². The Bertz CT molecular complexity index is 491. The predicted octanol–water partition coefficient (Wildman–Crippen LogP) is 1.82. The topological polar surface area (TPSA) is 67.5 Å². The van der Waals surface area contributed by atoms with Gasteiger partial charge in [-0.15, -0.1) is 0 Å². The highest BCUT2D eigenvalue weighted by Crippen LogP contribution is 2.32. The zero-order chi connectivity index (χ0) is 14.0. The van der Waals surface area contributed by atoms with Crippen molar-refractivity contribution < 1.29 is 10.2 Å². The predicted molar refractivity (Wildman–Crippen MR) is 73.8 cm³/mol. The van der Waals surface area contributed by atoms with Gasteiger partial charge in [-0.2, -0.15) is 5.26 Å². The molecule has 0 saturated carbocycles. The van der Waals surface area contributed by atoms with Crippen LogP contribution in [0, 0.1) is 17.2 Å². The Morgan fingerprint density at radius 1 is 1.37 bits per heavy atom. The summed E-state index contributed by atoms with van der Waals surface area (Å²) in [6, 6.07) is 7.50. The molecule has 19 heavy (non-hydrogen) atoms. The first kappa shape index (κ1) is 13.9. The molecule has 4 heteroatoms. The van der Waals surface area contributed by atoms with Gasteiger partial charge in [0.1, 0.15) is 0 Å². The molecule has 2 N–H and O–H groups in total. The SMILES string of the molecule is CC(O)C1CCN(c2cc(C#N)ccc2[C@H](C)O)C1. The zero-order valence-corrected chi connectivity index (χ0v) is 11.4. The van der Waals surface area contributed by atoms with Crippen LogP contribution in [-0.4, -0.2) is 29.4 Å². The number of aliphatic hydroxyl groups is 2. The summed E-state index contributed by atoms with van der Waals surface area (Å²) >= 11 is 0. The fraction of sp³-hybridized carbons (Fsp3) is 0.533. The molecule has 1 aliphatic heterocycles. The van der Waals surface area contributed by atoms with E-state index in [1.807, 2.05) is 19.1 Å². The fourth-order valence-corrected chi connectivity index (χ4v) is 2.64. The number of nitriles is 1. The monoisotopic (exact) mass is 260 g/mol. The van der Waals surface area contributed by atoms with Crippen LogP contribution >= 0.6 is 0 Å². The van der Waals surface area contributed by atoms with Gasteiger partial charge >= 0.3 is 0 Å². The van der Waals surface area contributed by atoms with Crippen LogP contribution in [0.1, 0.15) is 37.5 Å². The van der Waals surface area contributed by atoms with E-state index in [9.17, 15) is 10.2 Å². The average molecular weight is 260 g/mol. The van der Waals surface area contributed by atoms with Crippen LogP contribution in [0.25, 0.3) is 0 Å². The van der Waals surface area contributed by atoms with Crippen LogP contribution in [0.5, 0.6) is 0 Å². The third-order valence-electron chi connectivity index (χ3n) is 3.86. The second-order valence-corrected chi connectivity index (χ2v) is 5.30. The molecular formula is C15H20N2O2. The van der Waals surface area contributed by atoms with Crippen molar-refractivity contribution in [3.8, 4) is 6.07 Å². The molecule has 102 valence electrons. The number of aliphatic hydroxyl groups excluding tert-OH is 2. The molecule has 2 unspecified atom stereocenters. The summed E-state index contributed by atoms with van der Waals surface area (Å²) in [5, 5.41) is 28.5. The second-order valence-electron chi connectivity index (χ2n) is 5.30. The number of hydrogen-bond acceptors (Lipinski definition) is 4. The van der Waals surface area contributed by atoms with E-state index in [4.69, 9.17) is 5.26 Å². The maximum atomic E-state index is 9.84. The molecule has 0 bridgehead atoms. The lowest BCUT2D eigenvalue weighted by Crippen LogP contribution is -2.25. The van der Waals surface area contributed by atoms with Gasteiger partial charge in [-0.3, -0.25) is 0 Å². The Balaban J connectivity index is 2.31. The van der Waals surface area contributed by atoms with Gasteiger partial charge in [0.05, 0.1) is 23.8 Å². The molecule has 4 nitrogen and oxygen atoms in total. The van der Waals surface area contributed by atoms with Gasteiger partial charge in [0.25, 0.3) is 0 Å². The highest BCUT2D eigenvalue weighted by Gasteiger charge is 2.28. The van der Waals surface area contributed by atoms with Crippen molar-refractivity contribution in [1.29, 1.82) is 5.26 Å². The van der Waals surface area contributed by atoms with Crippen LogP contribution < -0.4 is 4.90 Å². The molecular weight excluding hydrogens is 240 g/mol. The van der Waals surface area contributed by atoms with E-state index in [0.717, 1.165) is 30.8 Å². The van der Waals surface area contributed by atoms with Gasteiger partial charge in [0, 0.05) is 30.3 Å². The molecule has 3 atom stereocenters. The normalized spacial score (nSPS) is 22.1. The Labute approximate surface area is 113 Å². The van der Waals surface area contributed by atoms with E-state index >= 15 is 0 Å². The molecule has 1 fully saturated rings. The Morgan fingerprint density at radius 3 is 2.63 bits per heavy atom. The minimum absolute atomic E-state index is 0.257. The average Bonchev–Trinajstić information content (AvgIpc) is 2.87. The number of benzene rings is 1. The molecule has 1 aliphatic rings. The van der Waals surface area contributed by atoms with E-state index in [-0.39, 0.29) is 12.0 Å². The van der Waals surface area contributed by atoms with E-state index in [0.29, 0.717) is 5.56 Å². The van der Waals surface area contributed by atoms with Gasteiger partial charge in [-0.05, 0) is 32.4 Å². The molecule has 0 radical (unpaired) electrons. The third kappa shape index (κ3) is 2.89. The first-order valence-electron chi connectivity index (χ1n) is 6.68. The summed E-state index contributed by atoms with van der Waals surface area (Å²) < 4.78 is 0. The van der Waals surface area contributed by atoms with Crippen LogP contribution in [0.2, 0.25) is 0 Å². The van der Waals surface area contributed by atoms with Crippen molar-refractivity contribution in [2.45, 2.75) is 32.5 Å². The summed E-state index contributed by atoms with van der Waals surface area (Å²) in [5.41, 5.74) is 2.35. The summed E-state index contributed by atoms with van der Waals surface area (Å²) in [6.45, 7) is 5.17. The van der Waals surface area contributed by atoms with Crippen molar-refractivity contribution in [2.24, 2.45) is 5.92 Å². The van der Waals surface area contributed by atoms with E-state index in [1.54, 1.807) is 13.0 Å². The smallest absolute Gasteiger partial charge is 0.0992 e. The standard InChI is InChI=1S/C15H20N2O2/c1-10(18)13-5-6-17(9-13)15-7-12(8-16)3-4-14(15)11(2)19/h3-4,7,10-11,13,18-19H,5-6,9H2,1-2H3/t10?,11-,13?/m0/s1. The van der Waals surface area contributed by atoms with Crippen LogP contribution in [0.4, 0.5) is 5.69 Å². The van der Waals surface area contributed by atoms with Gasteiger partial charge in [-0.25, -0.2) is 0 Å². The van der Waals surface area contributed by atoms with Crippen molar-refractivity contribution >= 4 is 5.69 Å². The molecule has 1 saturated heterocycles. The lowest BCUT2D eigenvalue weighted by atomic mass is 10.0. The third-order valence-corrected chi connectivity index (χ3v) is 3.86. The summed E-state index contributed by atoms with van der Waals surface area (Å²) in [4.78, 5) is 2.15. The lowest BCUT2D eigenvalue weighted by molar-refractivity contribution is 0.136. The lowest BCUT2D eigenvalue weighted by Gasteiger charge is -2.24. The molecule has 0 amide bonds. The number of hydrogen-bond donors (Lipinski definition) is 2. The maximum absolute atomic E-state index is 9.84. The van der Waals surface area contributed by atoms with E-state index in [1.165, 1.54) is 0 Å². The van der Waals surface area contributed by atoms with Gasteiger partial charge in [0.15, 0.2) is 0 Å².